The van der Waals surface area contributed by atoms with Gasteiger partial charge < -0.3 is 14.8 Å². The molecule has 3 heterocycles. The van der Waals surface area contributed by atoms with Crippen molar-refractivity contribution in [3.05, 3.63) is 57.9 Å². The molecular weight excluding hydrogens is 327 g/mol. The van der Waals surface area contributed by atoms with E-state index in [9.17, 15) is 22.8 Å². The zero-order valence-corrected chi connectivity index (χ0v) is 12.1. The van der Waals surface area contributed by atoms with Gasteiger partial charge in [0.1, 0.15) is 13.2 Å². The number of dihydropyridines is 1. The fourth-order valence-corrected chi connectivity index (χ4v) is 3.27. The van der Waals surface area contributed by atoms with Crippen LogP contribution in [0.15, 0.2) is 46.8 Å². The molecule has 0 saturated carbocycles. The van der Waals surface area contributed by atoms with Gasteiger partial charge in [0.25, 0.3) is 0 Å². The minimum absolute atomic E-state index is 0.0318. The normalized spacial score (nSPS) is 20.6. The van der Waals surface area contributed by atoms with E-state index in [2.05, 4.69) is 5.32 Å². The van der Waals surface area contributed by atoms with E-state index in [1.807, 2.05) is 0 Å². The molecule has 1 aromatic carbocycles. The van der Waals surface area contributed by atoms with Crippen LogP contribution in [-0.2, 0) is 25.2 Å². The number of halogens is 3. The number of carbonyl (C=O) groups is 2. The third-order valence-electron chi connectivity index (χ3n) is 4.24. The second-order valence-electron chi connectivity index (χ2n) is 5.58. The van der Waals surface area contributed by atoms with Crippen molar-refractivity contribution >= 4 is 11.9 Å². The summed E-state index contributed by atoms with van der Waals surface area (Å²) in [6.45, 7) is -0.131. The first-order chi connectivity index (χ1) is 11.4. The fourth-order valence-electron chi connectivity index (χ4n) is 3.27. The molecule has 0 saturated heterocycles. The van der Waals surface area contributed by atoms with Gasteiger partial charge in [0.2, 0.25) is 0 Å². The molecule has 0 radical (unpaired) electrons. The van der Waals surface area contributed by atoms with Crippen LogP contribution < -0.4 is 5.32 Å². The summed E-state index contributed by atoms with van der Waals surface area (Å²) in [6.07, 6.45) is -4.62. The highest BCUT2D eigenvalue weighted by molar-refractivity contribution is 6.02. The van der Waals surface area contributed by atoms with Crippen LogP contribution >= 0.6 is 0 Å². The average molecular weight is 337 g/mol. The van der Waals surface area contributed by atoms with Crippen molar-refractivity contribution in [3.63, 3.8) is 0 Å². The summed E-state index contributed by atoms with van der Waals surface area (Å²) >= 11 is 0. The Morgan fingerprint density at radius 1 is 0.958 bits per heavy atom. The average Bonchev–Trinajstić information content (AvgIpc) is 3.09. The van der Waals surface area contributed by atoms with Gasteiger partial charge >= 0.3 is 18.1 Å². The fraction of sp³-hybridized carbons (Fsp3) is 0.250. The molecule has 8 heteroatoms. The van der Waals surface area contributed by atoms with Gasteiger partial charge in [-0.3, -0.25) is 0 Å². The molecule has 0 atom stereocenters. The smallest absolute Gasteiger partial charge is 0.416 e. The largest absolute Gasteiger partial charge is 0.456 e. The predicted molar refractivity (Wildman–Crippen MR) is 73.3 cm³/mol. The van der Waals surface area contributed by atoms with Gasteiger partial charge in [-0.05, 0) is 11.6 Å². The first kappa shape index (κ1) is 14.8. The lowest BCUT2D eigenvalue weighted by molar-refractivity contribution is -0.140. The van der Waals surface area contributed by atoms with Crippen molar-refractivity contribution < 1.29 is 32.2 Å². The number of carbonyl (C=O) groups excluding carboxylic acids is 2. The molecule has 0 spiro atoms. The second-order valence-corrected chi connectivity index (χ2v) is 5.58. The van der Waals surface area contributed by atoms with E-state index in [0.717, 1.165) is 6.07 Å². The molecule has 3 aliphatic heterocycles. The van der Waals surface area contributed by atoms with Crippen molar-refractivity contribution in [2.24, 2.45) is 0 Å². The summed E-state index contributed by atoms with van der Waals surface area (Å²) in [5.74, 6) is -2.62. The van der Waals surface area contributed by atoms with Crippen LogP contribution in [0.2, 0.25) is 0 Å². The first-order valence-corrected chi connectivity index (χ1v) is 7.11. The lowest BCUT2D eigenvalue weighted by Crippen LogP contribution is -2.28. The summed E-state index contributed by atoms with van der Waals surface area (Å²) in [6, 6.07) is 4.90. The van der Waals surface area contributed by atoms with Crippen molar-refractivity contribution in [2.45, 2.75) is 12.1 Å². The summed E-state index contributed by atoms with van der Waals surface area (Å²) < 4.78 is 50.1. The Hall–Kier alpha value is -2.77. The Bertz CT molecular complexity index is 798. The maximum atomic E-state index is 13.4. The Morgan fingerprint density at radius 2 is 1.50 bits per heavy atom. The van der Waals surface area contributed by atoms with E-state index in [4.69, 9.17) is 9.47 Å². The van der Waals surface area contributed by atoms with Gasteiger partial charge in [-0.1, -0.05) is 18.2 Å². The monoisotopic (exact) mass is 337 g/mol. The Morgan fingerprint density at radius 3 is 2.04 bits per heavy atom. The molecule has 0 aromatic heterocycles. The molecule has 1 N–H and O–H groups in total. The van der Waals surface area contributed by atoms with Crippen LogP contribution in [0.25, 0.3) is 0 Å². The van der Waals surface area contributed by atoms with E-state index in [0.29, 0.717) is 11.4 Å². The molecule has 0 amide bonds. The standard InChI is InChI=1S/C16H10F3NO4/c17-16(18,19)8-4-2-1-3-7(8)11-12-9(5-23-14(12)21)20-10-6-24-15(22)13(10)11/h1-4,11,20H,5-6H2. The number of ether oxygens (including phenoxy) is 2. The van der Waals surface area contributed by atoms with E-state index in [1.165, 1.54) is 18.2 Å². The minimum atomic E-state index is -4.62. The zero-order valence-electron chi connectivity index (χ0n) is 12.1. The number of hydrogen-bond donors (Lipinski definition) is 1. The third kappa shape index (κ3) is 2.02. The van der Waals surface area contributed by atoms with Gasteiger partial charge in [-0.2, -0.15) is 13.2 Å². The summed E-state index contributed by atoms with van der Waals surface area (Å²) in [4.78, 5) is 24.1. The van der Waals surface area contributed by atoms with Crippen molar-refractivity contribution in [1.82, 2.24) is 5.32 Å². The quantitative estimate of drug-likeness (QED) is 0.795. The van der Waals surface area contributed by atoms with E-state index >= 15 is 0 Å². The molecule has 3 aliphatic rings. The number of nitrogens with one attached hydrogen (secondary N) is 1. The van der Waals surface area contributed by atoms with E-state index < -0.39 is 29.6 Å². The molecule has 4 rings (SSSR count). The van der Waals surface area contributed by atoms with Crippen molar-refractivity contribution in [3.8, 4) is 0 Å². The maximum absolute atomic E-state index is 13.4. The SMILES string of the molecule is O=C1OCC2=C1C(c1ccccc1C(F)(F)F)C1=C(COC1=O)N2. The lowest BCUT2D eigenvalue weighted by Gasteiger charge is -2.26. The molecule has 24 heavy (non-hydrogen) atoms. The van der Waals surface area contributed by atoms with E-state index in [1.54, 1.807) is 0 Å². The molecule has 0 aliphatic carbocycles. The van der Waals surface area contributed by atoms with Crippen LogP contribution in [0.5, 0.6) is 0 Å². The summed E-state index contributed by atoms with van der Waals surface area (Å²) in [5, 5.41) is 2.88. The van der Waals surface area contributed by atoms with E-state index in [-0.39, 0.29) is 29.9 Å². The molecule has 1 aromatic rings. The minimum Gasteiger partial charge on any atom is -0.456 e. The topological polar surface area (TPSA) is 64.6 Å². The van der Waals surface area contributed by atoms with Crippen LogP contribution in [0.1, 0.15) is 17.0 Å². The molecule has 0 unspecified atom stereocenters. The van der Waals surface area contributed by atoms with Gasteiger partial charge in [0.15, 0.2) is 0 Å². The van der Waals surface area contributed by atoms with Crippen LogP contribution in [0.4, 0.5) is 13.2 Å². The highest BCUT2D eigenvalue weighted by atomic mass is 19.4. The zero-order chi connectivity index (χ0) is 17.1. The van der Waals surface area contributed by atoms with Gasteiger partial charge in [-0.15, -0.1) is 0 Å². The number of benzene rings is 1. The number of alkyl halides is 3. The lowest BCUT2D eigenvalue weighted by atomic mass is 9.79. The molecule has 5 nitrogen and oxygen atoms in total. The number of cyclic esters (lactones) is 2. The second kappa shape index (κ2) is 4.86. The third-order valence-corrected chi connectivity index (χ3v) is 4.24. The Balaban J connectivity index is 1.96. The van der Waals surface area contributed by atoms with Crippen LogP contribution in [0.3, 0.4) is 0 Å². The maximum Gasteiger partial charge on any atom is 0.416 e. The first-order valence-electron chi connectivity index (χ1n) is 7.11. The highest BCUT2D eigenvalue weighted by Crippen LogP contribution is 2.46. The number of rotatable bonds is 1. The highest BCUT2D eigenvalue weighted by Gasteiger charge is 2.47. The Labute approximate surface area is 133 Å². The molecule has 0 bridgehead atoms. The molecule has 0 fully saturated rings. The Kier molecular flexibility index (Phi) is 3.00. The molecule has 124 valence electrons. The van der Waals surface area contributed by atoms with Gasteiger partial charge in [-0.25, -0.2) is 9.59 Å². The summed E-state index contributed by atoms with van der Waals surface area (Å²) in [5.41, 5.74) is -0.245. The molecular formula is C16H10F3NO4. The van der Waals surface area contributed by atoms with Gasteiger partial charge in [0.05, 0.1) is 34.0 Å². The van der Waals surface area contributed by atoms with Gasteiger partial charge in [0, 0.05) is 0 Å². The van der Waals surface area contributed by atoms with Crippen LogP contribution in [-0.4, -0.2) is 25.2 Å². The number of hydrogen-bond acceptors (Lipinski definition) is 5. The van der Waals surface area contributed by atoms with Crippen LogP contribution in [0, 0.1) is 0 Å². The summed E-state index contributed by atoms with van der Waals surface area (Å²) in [7, 11) is 0. The van der Waals surface area contributed by atoms with Crippen molar-refractivity contribution in [1.29, 1.82) is 0 Å². The van der Waals surface area contributed by atoms with Crippen molar-refractivity contribution in [2.75, 3.05) is 13.2 Å². The predicted octanol–water partition coefficient (Wildman–Crippen LogP) is 2.01. The number of esters is 2.